The van der Waals surface area contributed by atoms with E-state index in [-0.39, 0.29) is 10.7 Å². The summed E-state index contributed by atoms with van der Waals surface area (Å²) in [4.78, 5) is -0.548. The fourth-order valence-electron chi connectivity index (χ4n) is 1.64. The molecule has 21 heavy (non-hydrogen) atoms. The molecule has 0 aliphatic rings. The molecule has 0 bridgehead atoms. The van der Waals surface area contributed by atoms with Gasteiger partial charge in [-0.1, -0.05) is 24.4 Å². The highest BCUT2D eigenvalue weighted by Gasteiger charge is 2.19. The number of thiocarbonyl (C=S) groups is 1. The summed E-state index contributed by atoms with van der Waals surface area (Å²) in [7, 11) is -4.18. The van der Waals surface area contributed by atoms with Crippen LogP contribution in [-0.2, 0) is 10.0 Å². The molecule has 0 unspecified atom stereocenters. The lowest BCUT2D eigenvalue weighted by atomic mass is 10.2. The lowest BCUT2D eigenvalue weighted by molar-refractivity contribution is 0.551. The minimum atomic E-state index is -4.18. The summed E-state index contributed by atoms with van der Waals surface area (Å²) in [5.41, 5.74) is 6.08. The molecule has 0 aliphatic carbocycles. The molecule has 0 amide bonds. The zero-order valence-corrected chi connectivity index (χ0v) is 12.1. The number of anilines is 1. The van der Waals surface area contributed by atoms with Gasteiger partial charge in [-0.15, -0.1) is 0 Å². The van der Waals surface area contributed by atoms with Crippen LogP contribution in [-0.4, -0.2) is 13.4 Å². The molecule has 0 atom stereocenters. The second-order valence-electron chi connectivity index (χ2n) is 4.13. The highest BCUT2D eigenvalue weighted by molar-refractivity contribution is 7.92. The summed E-state index contributed by atoms with van der Waals surface area (Å²) < 4.78 is 52.7. The van der Waals surface area contributed by atoms with Crippen molar-refractivity contribution in [3.05, 3.63) is 59.7 Å². The molecule has 0 saturated heterocycles. The molecule has 0 radical (unpaired) electrons. The second-order valence-corrected chi connectivity index (χ2v) is 6.22. The normalized spacial score (nSPS) is 11.1. The van der Waals surface area contributed by atoms with Crippen molar-refractivity contribution < 1.29 is 17.2 Å². The predicted octanol–water partition coefficient (Wildman–Crippen LogP) is 2.40. The summed E-state index contributed by atoms with van der Waals surface area (Å²) in [6.45, 7) is 0. The molecule has 8 heteroatoms. The lowest BCUT2D eigenvalue weighted by Crippen LogP contribution is -2.16. The molecule has 4 nitrogen and oxygen atoms in total. The van der Waals surface area contributed by atoms with Crippen LogP contribution in [0, 0.1) is 11.6 Å². The van der Waals surface area contributed by atoms with Crippen LogP contribution in [0.5, 0.6) is 0 Å². The van der Waals surface area contributed by atoms with Gasteiger partial charge in [0.25, 0.3) is 10.0 Å². The van der Waals surface area contributed by atoms with E-state index in [1.54, 1.807) is 12.1 Å². The smallest absolute Gasteiger partial charge is 0.264 e. The Morgan fingerprint density at radius 2 is 1.86 bits per heavy atom. The summed E-state index contributed by atoms with van der Waals surface area (Å²) in [6.07, 6.45) is 0. The Labute approximate surface area is 125 Å². The summed E-state index contributed by atoms with van der Waals surface area (Å²) in [5.74, 6) is -2.03. The van der Waals surface area contributed by atoms with Crippen molar-refractivity contribution in [3.63, 3.8) is 0 Å². The van der Waals surface area contributed by atoms with Crippen molar-refractivity contribution in [2.75, 3.05) is 4.72 Å². The van der Waals surface area contributed by atoms with E-state index < -0.39 is 26.6 Å². The number of benzene rings is 2. The van der Waals surface area contributed by atoms with E-state index in [9.17, 15) is 17.2 Å². The third-order valence-corrected chi connectivity index (χ3v) is 4.23. The van der Waals surface area contributed by atoms with Gasteiger partial charge in [0, 0.05) is 17.3 Å². The summed E-state index contributed by atoms with van der Waals surface area (Å²) >= 11 is 4.79. The minimum Gasteiger partial charge on any atom is -0.389 e. The summed E-state index contributed by atoms with van der Waals surface area (Å²) in [5, 5.41) is 0. The fraction of sp³-hybridized carbons (Fsp3) is 0. The van der Waals surface area contributed by atoms with Gasteiger partial charge in [0.1, 0.15) is 21.5 Å². The Kier molecular flexibility index (Phi) is 4.19. The van der Waals surface area contributed by atoms with Gasteiger partial charge in [-0.3, -0.25) is 4.72 Å². The number of sulfonamides is 1. The monoisotopic (exact) mass is 328 g/mol. The molecule has 0 aromatic heterocycles. The molecular formula is C13H10F2N2O2S2. The topological polar surface area (TPSA) is 72.2 Å². The first kappa shape index (κ1) is 15.3. The molecule has 2 rings (SSSR count). The molecule has 110 valence electrons. The van der Waals surface area contributed by atoms with Crippen molar-refractivity contribution >= 4 is 32.9 Å². The van der Waals surface area contributed by atoms with Gasteiger partial charge in [0.2, 0.25) is 0 Å². The molecule has 0 heterocycles. The van der Waals surface area contributed by atoms with E-state index in [2.05, 4.69) is 4.72 Å². The van der Waals surface area contributed by atoms with Crippen molar-refractivity contribution in [2.45, 2.75) is 4.90 Å². The van der Waals surface area contributed by atoms with Crippen LogP contribution >= 0.6 is 12.2 Å². The zero-order chi connectivity index (χ0) is 15.6. The molecule has 0 aliphatic heterocycles. The fourth-order valence-corrected chi connectivity index (χ4v) is 2.88. The van der Waals surface area contributed by atoms with Crippen LogP contribution < -0.4 is 10.5 Å². The minimum absolute atomic E-state index is 0.101. The summed E-state index contributed by atoms with van der Waals surface area (Å²) in [6, 6.07) is 8.25. The first-order valence-electron chi connectivity index (χ1n) is 5.67. The van der Waals surface area contributed by atoms with Gasteiger partial charge < -0.3 is 5.73 Å². The molecule has 0 fully saturated rings. The van der Waals surface area contributed by atoms with Gasteiger partial charge in [-0.25, -0.2) is 17.2 Å². The predicted molar refractivity (Wildman–Crippen MR) is 79.5 cm³/mol. The van der Waals surface area contributed by atoms with Crippen molar-refractivity contribution in [1.29, 1.82) is 0 Å². The van der Waals surface area contributed by atoms with E-state index in [0.717, 1.165) is 12.1 Å². The maximum absolute atomic E-state index is 13.6. The van der Waals surface area contributed by atoms with E-state index in [1.807, 2.05) is 0 Å². The highest BCUT2D eigenvalue weighted by Crippen LogP contribution is 2.20. The maximum Gasteiger partial charge on any atom is 0.264 e. The van der Waals surface area contributed by atoms with Gasteiger partial charge in [-0.05, 0) is 24.3 Å². The molecule has 2 aromatic rings. The van der Waals surface area contributed by atoms with Crippen LogP contribution in [0.1, 0.15) is 5.56 Å². The lowest BCUT2D eigenvalue weighted by Gasteiger charge is -2.10. The third kappa shape index (κ3) is 3.53. The number of nitrogens with two attached hydrogens (primary N) is 1. The van der Waals surface area contributed by atoms with Crippen molar-refractivity contribution in [1.82, 2.24) is 0 Å². The Bertz CT molecular complexity index is 808. The largest absolute Gasteiger partial charge is 0.389 e. The Hall–Kier alpha value is -2.06. The SMILES string of the molecule is NC(=S)c1cccc(NS(=O)(=O)c2ccc(F)cc2F)c1. The Balaban J connectivity index is 2.37. The first-order valence-corrected chi connectivity index (χ1v) is 7.56. The zero-order valence-electron chi connectivity index (χ0n) is 10.5. The van der Waals surface area contributed by atoms with Crippen molar-refractivity contribution in [2.24, 2.45) is 5.73 Å². The third-order valence-electron chi connectivity index (χ3n) is 2.58. The molecule has 2 aromatic carbocycles. The Morgan fingerprint density at radius 1 is 1.14 bits per heavy atom. The average Bonchev–Trinajstić information content (AvgIpc) is 2.37. The van der Waals surface area contributed by atoms with Gasteiger partial charge in [-0.2, -0.15) is 0 Å². The average molecular weight is 328 g/mol. The highest BCUT2D eigenvalue weighted by atomic mass is 32.2. The Morgan fingerprint density at radius 3 is 2.48 bits per heavy atom. The molecular weight excluding hydrogens is 318 g/mol. The van der Waals surface area contributed by atoms with E-state index in [1.165, 1.54) is 12.1 Å². The van der Waals surface area contributed by atoms with Crippen LogP contribution in [0.2, 0.25) is 0 Å². The molecule has 0 saturated carbocycles. The standard InChI is InChI=1S/C13H10F2N2O2S2/c14-9-4-5-12(11(15)7-9)21(18,19)17-10-3-1-2-8(6-10)13(16)20/h1-7,17H,(H2,16,20). The van der Waals surface area contributed by atoms with Gasteiger partial charge >= 0.3 is 0 Å². The number of hydrogen-bond acceptors (Lipinski definition) is 3. The van der Waals surface area contributed by atoms with Gasteiger partial charge in [0.05, 0.1) is 0 Å². The maximum atomic E-state index is 13.6. The van der Waals surface area contributed by atoms with Gasteiger partial charge in [0.15, 0.2) is 0 Å². The van der Waals surface area contributed by atoms with E-state index in [0.29, 0.717) is 11.6 Å². The number of hydrogen-bond donors (Lipinski definition) is 2. The van der Waals surface area contributed by atoms with Crippen LogP contribution in [0.4, 0.5) is 14.5 Å². The first-order chi connectivity index (χ1) is 9.79. The number of rotatable bonds is 4. The van der Waals surface area contributed by atoms with Crippen LogP contribution in [0.3, 0.4) is 0 Å². The number of nitrogens with one attached hydrogen (secondary N) is 1. The van der Waals surface area contributed by atoms with Crippen LogP contribution in [0.15, 0.2) is 47.4 Å². The molecule has 0 spiro atoms. The van der Waals surface area contributed by atoms with E-state index >= 15 is 0 Å². The van der Waals surface area contributed by atoms with Crippen molar-refractivity contribution in [3.8, 4) is 0 Å². The van der Waals surface area contributed by atoms with Crippen LogP contribution in [0.25, 0.3) is 0 Å². The second kappa shape index (κ2) is 5.74. The van der Waals surface area contributed by atoms with E-state index in [4.69, 9.17) is 18.0 Å². The number of halogens is 2. The quantitative estimate of drug-likeness (QED) is 0.846. The molecule has 3 N–H and O–H groups in total.